The minimum absolute atomic E-state index is 0.0757. The van der Waals surface area contributed by atoms with E-state index >= 15 is 0 Å². The molecule has 0 heterocycles. The average molecular weight is 237 g/mol. The van der Waals surface area contributed by atoms with Crippen LogP contribution in [-0.4, -0.2) is 18.3 Å². The number of benzene rings is 1. The summed E-state index contributed by atoms with van der Waals surface area (Å²) in [7, 11) is 0. The summed E-state index contributed by atoms with van der Waals surface area (Å²) in [5.74, 6) is 0. The Morgan fingerprint density at radius 3 is 2.76 bits per heavy atom. The van der Waals surface area contributed by atoms with Crippen LogP contribution < -0.4 is 5.32 Å². The lowest BCUT2D eigenvalue weighted by atomic mass is 10.2. The van der Waals surface area contributed by atoms with Gasteiger partial charge in [-0.25, -0.2) is 9.18 Å². The maximum atomic E-state index is 12.9. The summed E-state index contributed by atoms with van der Waals surface area (Å²) in [6.07, 6.45) is 0.383. The van der Waals surface area contributed by atoms with Gasteiger partial charge in [0.1, 0.15) is 12.8 Å². The van der Waals surface area contributed by atoms with Crippen LogP contribution in [0, 0.1) is 0 Å². The first-order chi connectivity index (χ1) is 8.24. The van der Waals surface area contributed by atoms with Crippen molar-refractivity contribution in [1.29, 1.82) is 0 Å². The fourth-order valence-corrected chi connectivity index (χ4v) is 1.99. The molecule has 17 heavy (non-hydrogen) atoms. The van der Waals surface area contributed by atoms with E-state index in [-0.39, 0.29) is 12.6 Å². The second-order valence-electron chi connectivity index (χ2n) is 4.31. The number of alkyl halides is 1. The Labute approximate surface area is 100.0 Å². The molecule has 1 aromatic rings. The number of halogens is 1. The molecule has 92 valence electrons. The van der Waals surface area contributed by atoms with E-state index in [9.17, 15) is 9.18 Å². The quantitative estimate of drug-likeness (QED) is 0.877. The topological polar surface area (TPSA) is 38.3 Å². The van der Waals surface area contributed by atoms with Crippen molar-refractivity contribution in [2.45, 2.75) is 38.1 Å². The Morgan fingerprint density at radius 2 is 2.12 bits per heavy atom. The maximum absolute atomic E-state index is 12.9. The predicted molar refractivity (Wildman–Crippen MR) is 62.3 cm³/mol. The third-order valence-electron chi connectivity index (χ3n) is 2.90. The van der Waals surface area contributed by atoms with Gasteiger partial charge in [-0.15, -0.1) is 0 Å². The molecule has 1 saturated carbocycles. The summed E-state index contributed by atoms with van der Waals surface area (Å²) in [5.41, 5.74) is 0.942. The van der Waals surface area contributed by atoms with Crippen molar-refractivity contribution >= 4 is 6.09 Å². The van der Waals surface area contributed by atoms with E-state index < -0.39 is 12.3 Å². The van der Waals surface area contributed by atoms with Crippen molar-refractivity contribution in [2.24, 2.45) is 0 Å². The highest BCUT2D eigenvalue weighted by Gasteiger charge is 2.25. The van der Waals surface area contributed by atoms with Crippen LogP contribution in [0.1, 0.15) is 24.8 Å². The molecule has 2 rings (SSSR count). The zero-order chi connectivity index (χ0) is 12.1. The second kappa shape index (κ2) is 5.66. The molecule has 0 spiro atoms. The van der Waals surface area contributed by atoms with Gasteiger partial charge in [0.2, 0.25) is 0 Å². The van der Waals surface area contributed by atoms with E-state index in [2.05, 4.69) is 5.32 Å². The summed E-state index contributed by atoms with van der Waals surface area (Å²) in [6.45, 7) is 0.248. The summed E-state index contributed by atoms with van der Waals surface area (Å²) in [6, 6.07) is 9.39. The van der Waals surface area contributed by atoms with Crippen molar-refractivity contribution in [3.8, 4) is 0 Å². The molecule has 0 aromatic heterocycles. The molecule has 0 saturated heterocycles. The minimum Gasteiger partial charge on any atom is -0.445 e. The zero-order valence-electron chi connectivity index (χ0n) is 9.56. The van der Waals surface area contributed by atoms with Gasteiger partial charge in [-0.05, 0) is 24.8 Å². The molecule has 2 atom stereocenters. The number of hydrogen-bond acceptors (Lipinski definition) is 2. The van der Waals surface area contributed by atoms with Gasteiger partial charge in [-0.1, -0.05) is 30.3 Å². The van der Waals surface area contributed by atoms with Crippen molar-refractivity contribution in [1.82, 2.24) is 5.32 Å². The largest absolute Gasteiger partial charge is 0.445 e. The van der Waals surface area contributed by atoms with Gasteiger partial charge in [0.15, 0.2) is 0 Å². The first-order valence-electron chi connectivity index (χ1n) is 5.85. The molecular weight excluding hydrogens is 221 g/mol. The Bertz CT molecular complexity index is 369. The van der Waals surface area contributed by atoms with Crippen LogP contribution in [0.3, 0.4) is 0 Å². The number of alkyl carbamates (subject to hydrolysis) is 1. The smallest absolute Gasteiger partial charge is 0.407 e. The molecule has 0 radical (unpaired) electrons. The minimum atomic E-state index is -0.783. The molecule has 4 heteroatoms. The standard InChI is InChI=1S/C13H16FNO2/c14-11-6-7-12(8-11)15-13(16)17-9-10-4-2-1-3-5-10/h1-5,11-12H,6-9H2,(H,15,16)/t11-,12-/m1/s1. The van der Waals surface area contributed by atoms with Gasteiger partial charge in [0.05, 0.1) is 0 Å². The molecule has 1 N–H and O–H groups in total. The molecular formula is C13H16FNO2. The summed E-state index contributed by atoms with van der Waals surface area (Å²) < 4.78 is 17.9. The number of hydrogen-bond donors (Lipinski definition) is 1. The van der Waals surface area contributed by atoms with E-state index in [1.165, 1.54) is 0 Å². The fourth-order valence-electron chi connectivity index (χ4n) is 1.99. The van der Waals surface area contributed by atoms with Crippen molar-refractivity contribution in [3.63, 3.8) is 0 Å². The normalized spacial score (nSPS) is 23.4. The highest BCUT2D eigenvalue weighted by molar-refractivity contribution is 5.67. The lowest BCUT2D eigenvalue weighted by molar-refractivity contribution is 0.135. The molecule has 3 nitrogen and oxygen atoms in total. The number of rotatable bonds is 3. The van der Waals surface area contributed by atoms with Crippen LogP contribution in [0.5, 0.6) is 0 Å². The van der Waals surface area contributed by atoms with Gasteiger partial charge in [-0.3, -0.25) is 0 Å². The summed E-state index contributed by atoms with van der Waals surface area (Å²) in [4.78, 5) is 11.4. The van der Waals surface area contributed by atoms with Gasteiger partial charge in [0, 0.05) is 6.04 Å². The highest BCUT2D eigenvalue weighted by Crippen LogP contribution is 2.21. The molecule has 0 aliphatic heterocycles. The van der Waals surface area contributed by atoms with E-state index in [1.807, 2.05) is 30.3 Å². The third kappa shape index (κ3) is 3.73. The Morgan fingerprint density at radius 1 is 1.35 bits per heavy atom. The van der Waals surface area contributed by atoms with Crippen molar-refractivity contribution in [2.75, 3.05) is 0 Å². The summed E-state index contributed by atoms with van der Waals surface area (Å²) >= 11 is 0. The molecule has 1 amide bonds. The van der Waals surface area contributed by atoms with Gasteiger partial charge in [-0.2, -0.15) is 0 Å². The summed E-state index contributed by atoms with van der Waals surface area (Å²) in [5, 5.41) is 2.68. The Kier molecular flexibility index (Phi) is 3.96. The number of carbonyl (C=O) groups is 1. The maximum Gasteiger partial charge on any atom is 0.407 e. The SMILES string of the molecule is O=C(N[C@@H]1CC[C@@H](F)C1)OCc1ccccc1. The third-order valence-corrected chi connectivity index (χ3v) is 2.90. The van der Waals surface area contributed by atoms with Crippen molar-refractivity contribution in [3.05, 3.63) is 35.9 Å². The van der Waals surface area contributed by atoms with Crippen LogP contribution in [0.25, 0.3) is 0 Å². The van der Waals surface area contributed by atoms with Crippen LogP contribution >= 0.6 is 0 Å². The van der Waals surface area contributed by atoms with E-state index in [0.29, 0.717) is 19.3 Å². The van der Waals surface area contributed by atoms with Crippen LogP contribution in [0.2, 0.25) is 0 Å². The molecule has 1 aliphatic carbocycles. The fraction of sp³-hybridized carbons (Fsp3) is 0.462. The average Bonchev–Trinajstić information content (AvgIpc) is 2.73. The molecule has 0 unspecified atom stereocenters. The molecule has 1 fully saturated rings. The first kappa shape index (κ1) is 11.9. The van der Waals surface area contributed by atoms with Crippen LogP contribution in [0.4, 0.5) is 9.18 Å². The van der Waals surface area contributed by atoms with E-state index in [4.69, 9.17) is 4.74 Å². The van der Waals surface area contributed by atoms with Crippen molar-refractivity contribution < 1.29 is 13.9 Å². The van der Waals surface area contributed by atoms with Crippen LogP contribution in [0.15, 0.2) is 30.3 Å². The first-order valence-corrected chi connectivity index (χ1v) is 5.85. The highest BCUT2D eigenvalue weighted by atomic mass is 19.1. The second-order valence-corrected chi connectivity index (χ2v) is 4.31. The molecule has 0 bridgehead atoms. The number of ether oxygens (including phenoxy) is 1. The number of nitrogens with one attached hydrogen (secondary N) is 1. The monoisotopic (exact) mass is 237 g/mol. The number of carbonyl (C=O) groups excluding carboxylic acids is 1. The molecule has 1 aliphatic rings. The zero-order valence-corrected chi connectivity index (χ0v) is 9.56. The lowest BCUT2D eigenvalue weighted by Crippen LogP contribution is -2.33. The Balaban J connectivity index is 1.71. The molecule has 1 aromatic carbocycles. The van der Waals surface area contributed by atoms with Gasteiger partial charge < -0.3 is 10.1 Å². The number of amides is 1. The van der Waals surface area contributed by atoms with Crippen LogP contribution in [-0.2, 0) is 11.3 Å². The van der Waals surface area contributed by atoms with Gasteiger partial charge in [0.25, 0.3) is 0 Å². The van der Waals surface area contributed by atoms with E-state index in [1.54, 1.807) is 0 Å². The Hall–Kier alpha value is -1.58. The van der Waals surface area contributed by atoms with Gasteiger partial charge >= 0.3 is 6.09 Å². The lowest BCUT2D eigenvalue weighted by Gasteiger charge is -2.12. The predicted octanol–water partition coefficient (Wildman–Crippen LogP) is 2.80. The van der Waals surface area contributed by atoms with E-state index in [0.717, 1.165) is 5.56 Å².